The number of halogens is 1. The van der Waals surface area contributed by atoms with Crippen LogP contribution in [-0.4, -0.2) is 25.2 Å². The third-order valence-corrected chi connectivity index (χ3v) is 3.25. The van der Waals surface area contributed by atoms with Crippen LogP contribution in [0.2, 0.25) is 0 Å². The number of hydrogen-bond acceptors (Lipinski definition) is 3. The molecule has 0 aromatic carbocycles. The van der Waals surface area contributed by atoms with Crippen LogP contribution in [0.5, 0.6) is 0 Å². The molecule has 0 radical (unpaired) electrons. The highest BCUT2D eigenvalue weighted by Gasteiger charge is 2.34. The fourth-order valence-corrected chi connectivity index (χ4v) is 2.62. The van der Waals surface area contributed by atoms with E-state index in [2.05, 4.69) is 5.32 Å². The summed E-state index contributed by atoms with van der Waals surface area (Å²) in [6, 6.07) is 1.13. The highest BCUT2D eigenvalue weighted by Crippen LogP contribution is 2.30. The molecule has 2 saturated heterocycles. The summed E-state index contributed by atoms with van der Waals surface area (Å²) in [7, 11) is 1.49. The van der Waals surface area contributed by atoms with E-state index in [1.165, 1.54) is 26.4 Å². The maximum atomic E-state index is 11.3. The van der Waals surface area contributed by atoms with Crippen LogP contribution < -0.4 is 5.32 Å². The van der Waals surface area contributed by atoms with Gasteiger partial charge in [0.05, 0.1) is 13.0 Å². The van der Waals surface area contributed by atoms with Gasteiger partial charge >= 0.3 is 5.97 Å². The zero-order valence-electron chi connectivity index (χ0n) is 8.49. The first-order valence-corrected chi connectivity index (χ1v) is 5.13. The molecule has 0 aromatic heterocycles. The fraction of sp³-hybridized carbons (Fsp3) is 0.900. The van der Waals surface area contributed by atoms with Crippen LogP contribution in [0.1, 0.15) is 32.1 Å². The zero-order chi connectivity index (χ0) is 9.26. The van der Waals surface area contributed by atoms with Gasteiger partial charge in [0.2, 0.25) is 0 Å². The Morgan fingerprint density at radius 1 is 1.29 bits per heavy atom. The number of carbonyl (C=O) groups excluding carboxylic acids is 1. The number of ether oxygens (including phenoxy) is 1. The minimum Gasteiger partial charge on any atom is -0.469 e. The third kappa shape index (κ3) is 2.39. The first-order valence-electron chi connectivity index (χ1n) is 5.13. The summed E-state index contributed by atoms with van der Waals surface area (Å²) in [5, 5.41) is 3.55. The Morgan fingerprint density at radius 3 is 2.36 bits per heavy atom. The molecule has 2 heterocycles. The minimum absolute atomic E-state index is 0. The quantitative estimate of drug-likeness (QED) is 0.680. The molecule has 2 aliphatic heterocycles. The standard InChI is InChI=1S/C10H17NO2.ClH/c1-13-10(12)7-5-8-3-2-4-9(6-7)11-8;/h7-9,11H,2-6H2,1H3;1H. The lowest BCUT2D eigenvalue weighted by Crippen LogP contribution is -2.50. The Hall–Kier alpha value is -0.280. The molecule has 1 N–H and O–H groups in total. The van der Waals surface area contributed by atoms with Crippen LogP contribution in [0.15, 0.2) is 0 Å². The number of rotatable bonds is 1. The van der Waals surface area contributed by atoms with Crippen LogP contribution >= 0.6 is 12.4 Å². The van der Waals surface area contributed by atoms with E-state index in [0.29, 0.717) is 12.1 Å². The largest absolute Gasteiger partial charge is 0.469 e. The summed E-state index contributed by atoms with van der Waals surface area (Å²) in [5.41, 5.74) is 0. The van der Waals surface area contributed by atoms with Crippen LogP contribution in [0.25, 0.3) is 0 Å². The van der Waals surface area contributed by atoms with Crippen molar-refractivity contribution >= 4 is 18.4 Å². The number of hydrogen-bond donors (Lipinski definition) is 1. The molecule has 3 nitrogen and oxygen atoms in total. The van der Waals surface area contributed by atoms with E-state index < -0.39 is 0 Å². The molecular formula is C10H18ClNO2. The maximum absolute atomic E-state index is 11.3. The van der Waals surface area contributed by atoms with Crippen molar-refractivity contribution in [2.45, 2.75) is 44.2 Å². The molecule has 4 heteroatoms. The minimum atomic E-state index is -0.0154. The molecule has 0 spiro atoms. The first kappa shape index (κ1) is 11.8. The Labute approximate surface area is 91.0 Å². The van der Waals surface area contributed by atoms with E-state index in [-0.39, 0.29) is 24.3 Å². The van der Waals surface area contributed by atoms with Crippen molar-refractivity contribution in [1.82, 2.24) is 5.32 Å². The number of fused-ring (bicyclic) bond motifs is 2. The van der Waals surface area contributed by atoms with Gasteiger partial charge in [-0.2, -0.15) is 0 Å². The molecule has 0 aliphatic carbocycles. The van der Waals surface area contributed by atoms with Gasteiger partial charge in [0.15, 0.2) is 0 Å². The summed E-state index contributed by atoms with van der Waals surface area (Å²) in [5.74, 6) is 0.139. The first-order chi connectivity index (χ1) is 6.29. The van der Waals surface area contributed by atoms with Gasteiger partial charge in [-0.1, -0.05) is 6.42 Å². The van der Waals surface area contributed by atoms with Crippen molar-refractivity contribution in [1.29, 1.82) is 0 Å². The molecule has 2 bridgehead atoms. The SMILES string of the molecule is COC(=O)C1CC2CCCC(C1)N2.Cl. The lowest BCUT2D eigenvalue weighted by atomic mass is 9.80. The molecule has 14 heavy (non-hydrogen) atoms. The number of methoxy groups -OCH3 is 1. The van der Waals surface area contributed by atoms with Crippen molar-refractivity contribution in [3.05, 3.63) is 0 Å². The van der Waals surface area contributed by atoms with Crippen molar-refractivity contribution in [3.8, 4) is 0 Å². The van der Waals surface area contributed by atoms with Gasteiger partial charge in [-0.3, -0.25) is 4.79 Å². The number of piperidine rings is 2. The maximum Gasteiger partial charge on any atom is 0.308 e. The second-order valence-corrected chi connectivity index (χ2v) is 4.18. The normalized spacial score (nSPS) is 35.6. The third-order valence-electron chi connectivity index (χ3n) is 3.25. The molecule has 0 aromatic rings. The highest BCUT2D eigenvalue weighted by atomic mass is 35.5. The van der Waals surface area contributed by atoms with E-state index in [4.69, 9.17) is 4.74 Å². The Bertz CT molecular complexity index is 198. The summed E-state index contributed by atoms with van der Waals surface area (Å²) < 4.78 is 4.79. The monoisotopic (exact) mass is 219 g/mol. The summed E-state index contributed by atoms with van der Waals surface area (Å²) >= 11 is 0. The average molecular weight is 220 g/mol. The lowest BCUT2D eigenvalue weighted by Gasteiger charge is -2.39. The summed E-state index contributed by atoms with van der Waals surface area (Å²) in [4.78, 5) is 11.3. The van der Waals surface area contributed by atoms with Crippen LogP contribution in [0.3, 0.4) is 0 Å². The van der Waals surface area contributed by atoms with E-state index in [1.54, 1.807) is 0 Å². The fourth-order valence-electron chi connectivity index (χ4n) is 2.62. The van der Waals surface area contributed by atoms with Gasteiger partial charge in [0.25, 0.3) is 0 Å². The molecule has 82 valence electrons. The second-order valence-electron chi connectivity index (χ2n) is 4.18. The molecular weight excluding hydrogens is 202 g/mol. The summed E-state index contributed by atoms with van der Waals surface area (Å²) in [6.45, 7) is 0. The van der Waals surface area contributed by atoms with E-state index in [0.717, 1.165) is 12.8 Å². The Balaban J connectivity index is 0.000000980. The second kappa shape index (κ2) is 4.99. The van der Waals surface area contributed by atoms with Crippen molar-refractivity contribution < 1.29 is 9.53 Å². The number of nitrogens with one attached hydrogen (secondary N) is 1. The van der Waals surface area contributed by atoms with Gasteiger partial charge in [-0.15, -0.1) is 12.4 Å². The van der Waals surface area contributed by atoms with Gasteiger partial charge < -0.3 is 10.1 Å². The van der Waals surface area contributed by atoms with E-state index in [9.17, 15) is 4.79 Å². The number of esters is 1. The topological polar surface area (TPSA) is 38.3 Å². The van der Waals surface area contributed by atoms with Crippen molar-refractivity contribution in [2.24, 2.45) is 5.92 Å². The Morgan fingerprint density at radius 2 is 1.86 bits per heavy atom. The zero-order valence-corrected chi connectivity index (χ0v) is 9.31. The Kier molecular flexibility index (Phi) is 4.20. The van der Waals surface area contributed by atoms with Gasteiger partial charge in [0, 0.05) is 12.1 Å². The number of carbonyl (C=O) groups is 1. The lowest BCUT2D eigenvalue weighted by molar-refractivity contribution is -0.147. The summed E-state index contributed by atoms with van der Waals surface area (Å²) in [6.07, 6.45) is 5.72. The predicted molar refractivity (Wildman–Crippen MR) is 56.6 cm³/mol. The van der Waals surface area contributed by atoms with Crippen LogP contribution in [-0.2, 0) is 9.53 Å². The molecule has 0 saturated carbocycles. The van der Waals surface area contributed by atoms with Crippen LogP contribution in [0, 0.1) is 5.92 Å². The molecule has 2 aliphatic rings. The smallest absolute Gasteiger partial charge is 0.308 e. The van der Waals surface area contributed by atoms with E-state index in [1.807, 2.05) is 0 Å². The van der Waals surface area contributed by atoms with Crippen molar-refractivity contribution in [2.75, 3.05) is 7.11 Å². The van der Waals surface area contributed by atoms with Crippen molar-refractivity contribution in [3.63, 3.8) is 0 Å². The molecule has 2 unspecified atom stereocenters. The van der Waals surface area contributed by atoms with Gasteiger partial charge in [-0.25, -0.2) is 0 Å². The van der Waals surface area contributed by atoms with Crippen LogP contribution in [0.4, 0.5) is 0 Å². The average Bonchev–Trinajstić information content (AvgIpc) is 2.16. The van der Waals surface area contributed by atoms with Gasteiger partial charge in [0.1, 0.15) is 0 Å². The highest BCUT2D eigenvalue weighted by molar-refractivity contribution is 5.85. The predicted octanol–water partition coefficient (Wildman–Crippen LogP) is 1.50. The molecule has 2 atom stereocenters. The molecule has 2 rings (SSSR count). The molecule has 0 amide bonds. The van der Waals surface area contributed by atoms with E-state index >= 15 is 0 Å². The molecule has 2 fully saturated rings. The van der Waals surface area contributed by atoms with Gasteiger partial charge in [-0.05, 0) is 25.7 Å².